The molecule has 0 aliphatic heterocycles. The fourth-order valence-electron chi connectivity index (χ4n) is 1.33. The van der Waals surface area contributed by atoms with Crippen LogP contribution in [-0.4, -0.2) is 21.8 Å². The molecule has 1 N–H and O–H groups in total. The summed E-state index contributed by atoms with van der Waals surface area (Å²) in [5.74, 6) is 1.65. The number of hydrogen-bond acceptors (Lipinski definition) is 4. The first-order valence-corrected chi connectivity index (χ1v) is 4.40. The van der Waals surface area contributed by atoms with E-state index in [1.165, 1.54) is 0 Å². The van der Waals surface area contributed by atoms with Gasteiger partial charge in [-0.2, -0.15) is 0 Å². The van der Waals surface area contributed by atoms with E-state index in [0.29, 0.717) is 6.54 Å². The Morgan fingerprint density at radius 1 is 1.57 bits per heavy atom. The van der Waals surface area contributed by atoms with Crippen LogP contribution in [0.15, 0.2) is 23.0 Å². The molecule has 0 saturated carbocycles. The number of hydrogen-bond donors (Lipinski definition) is 1. The quantitative estimate of drug-likeness (QED) is 0.795. The molecule has 5 nitrogen and oxygen atoms in total. The Balaban J connectivity index is 2.18. The van der Waals surface area contributed by atoms with Crippen LogP contribution in [0.1, 0.15) is 11.5 Å². The maximum Gasteiger partial charge on any atom is 0.202 e. The van der Waals surface area contributed by atoms with Crippen LogP contribution in [-0.2, 0) is 6.54 Å². The van der Waals surface area contributed by atoms with Crippen molar-refractivity contribution in [2.75, 3.05) is 12.4 Å². The largest absolute Gasteiger partial charge is 0.361 e. The Labute approximate surface area is 81.7 Å². The minimum Gasteiger partial charge on any atom is -0.361 e. The Morgan fingerprint density at radius 3 is 3.07 bits per heavy atom. The summed E-state index contributed by atoms with van der Waals surface area (Å²) in [6, 6.07) is 1.92. The van der Waals surface area contributed by atoms with Crippen molar-refractivity contribution in [3.63, 3.8) is 0 Å². The molecule has 74 valence electrons. The topological polar surface area (TPSA) is 55.9 Å². The van der Waals surface area contributed by atoms with E-state index in [-0.39, 0.29) is 0 Å². The Hall–Kier alpha value is -1.78. The van der Waals surface area contributed by atoms with Gasteiger partial charge in [0.1, 0.15) is 11.5 Å². The molecular formula is C9H12N4O. The number of aryl methyl sites for hydroxylation is 1. The van der Waals surface area contributed by atoms with Gasteiger partial charge in [-0.25, -0.2) is 4.98 Å². The van der Waals surface area contributed by atoms with Gasteiger partial charge in [0.15, 0.2) is 0 Å². The molecule has 0 atom stereocenters. The minimum absolute atomic E-state index is 0.674. The molecule has 0 bridgehead atoms. The first-order valence-electron chi connectivity index (χ1n) is 4.40. The van der Waals surface area contributed by atoms with Crippen LogP contribution in [0.25, 0.3) is 0 Å². The maximum atomic E-state index is 4.98. The molecule has 2 aromatic heterocycles. The summed E-state index contributed by atoms with van der Waals surface area (Å²) in [5, 5.41) is 6.91. The van der Waals surface area contributed by atoms with Gasteiger partial charge in [-0.05, 0) is 6.92 Å². The van der Waals surface area contributed by atoms with Gasteiger partial charge in [-0.1, -0.05) is 5.16 Å². The average molecular weight is 192 g/mol. The van der Waals surface area contributed by atoms with Crippen molar-refractivity contribution >= 4 is 5.95 Å². The summed E-state index contributed by atoms with van der Waals surface area (Å²) in [5.41, 5.74) is 0.900. The molecule has 0 fully saturated rings. The van der Waals surface area contributed by atoms with E-state index in [1.807, 2.05) is 30.8 Å². The fourth-order valence-corrected chi connectivity index (χ4v) is 1.33. The van der Waals surface area contributed by atoms with E-state index >= 15 is 0 Å². The number of nitrogens with one attached hydrogen (secondary N) is 1. The third-order valence-corrected chi connectivity index (χ3v) is 1.95. The molecule has 0 amide bonds. The summed E-state index contributed by atoms with van der Waals surface area (Å²) >= 11 is 0. The van der Waals surface area contributed by atoms with Crippen LogP contribution in [0.5, 0.6) is 0 Å². The number of rotatable bonds is 3. The molecule has 14 heavy (non-hydrogen) atoms. The average Bonchev–Trinajstić information content (AvgIpc) is 2.76. The summed E-state index contributed by atoms with van der Waals surface area (Å²) in [6.45, 7) is 2.55. The monoisotopic (exact) mass is 192 g/mol. The van der Waals surface area contributed by atoms with Gasteiger partial charge in [-0.15, -0.1) is 0 Å². The predicted molar refractivity (Wildman–Crippen MR) is 52.1 cm³/mol. The minimum atomic E-state index is 0.674. The van der Waals surface area contributed by atoms with Gasteiger partial charge in [0.05, 0.1) is 6.54 Å². The van der Waals surface area contributed by atoms with Crippen LogP contribution in [0.4, 0.5) is 5.95 Å². The SMILES string of the molecule is CNc1nccn1Cc1cc(C)on1. The predicted octanol–water partition coefficient (Wildman–Crippen LogP) is 1.27. The molecule has 0 unspecified atom stereocenters. The highest BCUT2D eigenvalue weighted by molar-refractivity contribution is 5.25. The summed E-state index contributed by atoms with van der Waals surface area (Å²) in [6.07, 6.45) is 3.65. The lowest BCUT2D eigenvalue weighted by atomic mass is 10.4. The molecule has 2 rings (SSSR count). The van der Waals surface area contributed by atoms with E-state index in [9.17, 15) is 0 Å². The van der Waals surface area contributed by atoms with Crippen LogP contribution in [0, 0.1) is 6.92 Å². The number of anilines is 1. The molecule has 2 heterocycles. The van der Waals surface area contributed by atoms with Crippen LogP contribution < -0.4 is 5.32 Å². The van der Waals surface area contributed by atoms with Crippen molar-refractivity contribution in [1.29, 1.82) is 0 Å². The lowest BCUT2D eigenvalue weighted by Gasteiger charge is -2.03. The summed E-state index contributed by atoms with van der Waals surface area (Å²) in [7, 11) is 1.84. The van der Waals surface area contributed by atoms with Gasteiger partial charge < -0.3 is 14.4 Å². The molecule has 0 saturated heterocycles. The highest BCUT2D eigenvalue weighted by Crippen LogP contribution is 2.08. The molecule has 0 aliphatic rings. The van der Waals surface area contributed by atoms with Crippen molar-refractivity contribution in [2.24, 2.45) is 0 Å². The highest BCUT2D eigenvalue weighted by Gasteiger charge is 2.04. The second-order valence-electron chi connectivity index (χ2n) is 3.06. The van der Waals surface area contributed by atoms with E-state index in [1.54, 1.807) is 6.20 Å². The molecular weight excluding hydrogens is 180 g/mol. The molecule has 5 heteroatoms. The molecule has 2 aromatic rings. The zero-order valence-corrected chi connectivity index (χ0v) is 8.19. The van der Waals surface area contributed by atoms with E-state index in [0.717, 1.165) is 17.4 Å². The van der Waals surface area contributed by atoms with Crippen molar-refractivity contribution < 1.29 is 4.52 Å². The van der Waals surface area contributed by atoms with Crippen molar-refractivity contribution in [3.05, 3.63) is 29.9 Å². The normalized spacial score (nSPS) is 10.4. The Kier molecular flexibility index (Phi) is 2.22. The van der Waals surface area contributed by atoms with Gasteiger partial charge in [0.2, 0.25) is 5.95 Å². The lowest BCUT2D eigenvalue weighted by Crippen LogP contribution is -2.04. The van der Waals surface area contributed by atoms with E-state index in [4.69, 9.17) is 4.52 Å². The van der Waals surface area contributed by atoms with E-state index in [2.05, 4.69) is 15.5 Å². The second-order valence-corrected chi connectivity index (χ2v) is 3.06. The van der Waals surface area contributed by atoms with Crippen LogP contribution in [0.2, 0.25) is 0 Å². The second kappa shape index (κ2) is 3.53. The van der Waals surface area contributed by atoms with Gasteiger partial charge in [0, 0.05) is 25.5 Å². The molecule has 0 radical (unpaired) electrons. The first kappa shape index (κ1) is 8.80. The Morgan fingerprint density at radius 2 is 2.43 bits per heavy atom. The highest BCUT2D eigenvalue weighted by atomic mass is 16.5. The van der Waals surface area contributed by atoms with Gasteiger partial charge in [-0.3, -0.25) is 0 Å². The van der Waals surface area contributed by atoms with Crippen molar-refractivity contribution in [2.45, 2.75) is 13.5 Å². The number of aromatic nitrogens is 3. The third kappa shape index (κ3) is 1.61. The first-order chi connectivity index (χ1) is 6.79. The zero-order chi connectivity index (χ0) is 9.97. The molecule has 0 aliphatic carbocycles. The lowest BCUT2D eigenvalue weighted by molar-refractivity contribution is 0.389. The summed E-state index contributed by atoms with van der Waals surface area (Å²) in [4.78, 5) is 4.13. The van der Waals surface area contributed by atoms with E-state index < -0.39 is 0 Å². The zero-order valence-electron chi connectivity index (χ0n) is 8.19. The molecule has 0 aromatic carbocycles. The summed E-state index contributed by atoms with van der Waals surface area (Å²) < 4.78 is 6.95. The smallest absolute Gasteiger partial charge is 0.202 e. The van der Waals surface area contributed by atoms with Crippen LogP contribution >= 0.6 is 0 Å². The van der Waals surface area contributed by atoms with Gasteiger partial charge >= 0.3 is 0 Å². The fraction of sp³-hybridized carbons (Fsp3) is 0.333. The number of imidazole rings is 1. The standard InChI is InChI=1S/C9H12N4O/c1-7-5-8(12-14-7)6-13-4-3-11-9(13)10-2/h3-5H,6H2,1-2H3,(H,10,11). The Bertz CT molecular complexity index is 418. The molecule has 0 spiro atoms. The maximum absolute atomic E-state index is 4.98. The van der Waals surface area contributed by atoms with Crippen molar-refractivity contribution in [1.82, 2.24) is 14.7 Å². The number of nitrogens with zero attached hydrogens (tertiary/aromatic N) is 3. The van der Waals surface area contributed by atoms with Gasteiger partial charge in [0.25, 0.3) is 0 Å². The third-order valence-electron chi connectivity index (χ3n) is 1.95. The van der Waals surface area contributed by atoms with Crippen LogP contribution in [0.3, 0.4) is 0 Å². The van der Waals surface area contributed by atoms with Crippen molar-refractivity contribution in [3.8, 4) is 0 Å².